The van der Waals surface area contributed by atoms with Crippen molar-refractivity contribution in [3.05, 3.63) is 33.8 Å². The summed E-state index contributed by atoms with van der Waals surface area (Å²) in [6.45, 7) is 1.99. The Morgan fingerprint density at radius 2 is 2.25 bits per heavy atom. The van der Waals surface area contributed by atoms with E-state index >= 15 is 0 Å². The Morgan fingerprint density at radius 3 is 2.75 bits per heavy atom. The van der Waals surface area contributed by atoms with E-state index in [-0.39, 0.29) is 0 Å². The van der Waals surface area contributed by atoms with Crippen LogP contribution in [0.2, 0.25) is 0 Å². The maximum absolute atomic E-state index is 8.56. The first-order chi connectivity index (χ1) is 5.65. The molecule has 0 amide bonds. The number of rotatable bonds is 1. The molecule has 12 heavy (non-hydrogen) atoms. The van der Waals surface area contributed by atoms with E-state index < -0.39 is 6.04 Å². The van der Waals surface area contributed by atoms with Crippen LogP contribution in [-0.2, 0) is 0 Å². The molecular formula is C9H9BrN2. The van der Waals surface area contributed by atoms with Crippen LogP contribution in [0.15, 0.2) is 22.7 Å². The summed E-state index contributed by atoms with van der Waals surface area (Å²) in [4.78, 5) is 0. The quantitative estimate of drug-likeness (QED) is 0.796. The zero-order valence-corrected chi connectivity index (χ0v) is 8.30. The molecule has 0 heterocycles. The molecule has 0 aromatic heterocycles. The maximum atomic E-state index is 8.56. The molecule has 1 aromatic rings. The normalized spacial score (nSPS) is 12.2. The van der Waals surface area contributed by atoms with Crippen LogP contribution in [0.3, 0.4) is 0 Å². The zero-order chi connectivity index (χ0) is 9.14. The molecule has 0 fully saturated rings. The van der Waals surface area contributed by atoms with Crippen molar-refractivity contribution < 1.29 is 0 Å². The fourth-order valence-corrected chi connectivity index (χ4v) is 1.27. The second-order valence-corrected chi connectivity index (χ2v) is 3.47. The van der Waals surface area contributed by atoms with E-state index in [1.807, 2.05) is 31.2 Å². The summed E-state index contributed by atoms with van der Waals surface area (Å²) in [5.74, 6) is 0. The van der Waals surface area contributed by atoms with Crippen molar-refractivity contribution in [1.82, 2.24) is 0 Å². The molecule has 2 N–H and O–H groups in total. The molecule has 62 valence electrons. The van der Waals surface area contributed by atoms with Gasteiger partial charge in [0.1, 0.15) is 6.04 Å². The summed E-state index contributed by atoms with van der Waals surface area (Å²) in [6, 6.07) is 7.15. The van der Waals surface area contributed by atoms with Crippen molar-refractivity contribution in [2.45, 2.75) is 13.0 Å². The minimum atomic E-state index is -0.526. The van der Waals surface area contributed by atoms with E-state index in [0.717, 1.165) is 15.6 Å². The molecule has 1 atom stereocenters. The van der Waals surface area contributed by atoms with Gasteiger partial charge in [0.2, 0.25) is 0 Å². The predicted octanol–water partition coefficient (Wildman–Crippen LogP) is 2.28. The fourth-order valence-electron chi connectivity index (χ4n) is 0.877. The van der Waals surface area contributed by atoms with Gasteiger partial charge in [-0.15, -0.1) is 0 Å². The highest BCUT2D eigenvalue weighted by Gasteiger charge is 2.04. The molecular weight excluding hydrogens is 216 g/mol. The third kappa shape index (κ3) is 1.84. The monoisotopic (exact) mass is 224 g/mol. The van der Waals surface area contributed by atoms with Crippen molar-refractivity contribution >= 4 is 15.9 Å². The van der Waals surface area contributed by atoms with Crippen LogP contribution < -0.4 is 5.73 Å². The van der Waals surface area contributed by atoms with Gasteiger partial charge < -0.3 is 5.73 Å². The second kappa shape index (κ2) is 3.70. The molecule has 0 bridgehead atoms. The fraction of sp³-hybridized carbons (Fsp3) is 0.222. The van der Waals surface area contributed by atoms with Gasteiger partial charge >= 0.3 is 0 Å². The number of nitrogens with zero attached hydrogens (tertiary/aromatic N) is 1. The van der Waals surface area contributed by atoms with Crippen LogP contribution in [0.1, 0.15) is 17.2 Å². The highest BCUT2D eigenvalue weighted by Crippen LogP contribution is 2.20. The van der Waals surface area contributed by atoms with Crippen molar-refractivity contribution in [3.8, 4) is 6.07 Å². The lowest BCUT2D eigenvalue weighted by Crippen LogP contribution is -2.06. The van der Waals surface area contributed by atoms with Crippen molar-refractivity contribution in [3.63, 3.8) is 0 Å². The Kier molecular flexibility index (Phi) is 2.85. The van der Waals surface area contributed by atoms with Gasteiger partial charge in [-0.1, -0.05) is 28.1 Å². The highest BCUT2D eigenvalue weighted by atomic mass is 79.9. The number of benzene rings is 1. The summed E-state index contributed by atoms with van der Waals surface area (Å²) >= 11 is 3.38. The molecule has 2 nitrogen and oxygen atoms in total. The Hall–Kier alpha value is -0.850. The minimum absolute atomic E-state index is 0.526. The van der Waals surface area contributed by atoms with E-state index in [1.54, 1.807) is 0 Å². The number of hydrogen-bond acceptors (Lipinski definition) is 2. The Bertz CT molecular complexity index is 328. The molecule has 1 aromatic carbocycles. The molecule has 0 aliphatic heterocycles. The lowest BCUT2D eigenvalue weighted by atomic mass is 10.1. The summed E-state index contributed by atoms with van der Waals surface area (Å²) in [5.41, 5.74) is 7.52. The SMILES string of the molecule is Cc1ccc(C(N)C#N)cc1Br. The Labute approximate surface area is 80.1 Å². The van der Waals surface area contributed by atoms with Gasteiger partial charge in [0.15, 0.2) is 0 Å². The largest absolute Gasteiger partial charge is 0.312 e. The molecule has 0 spiro atoms. The van der Waals surface area contributed by atoms with Crippen LogP contribution in [0.25, 0.3) is 0 Å². The average Bonchev–Trinajstić information content (AvgIpc) is 2.08. The minimum Gasteiger partial charge on any atom is -0.312 e. The number of halogens is 1. The van der Waals surface area contributed by atoms with E-state index in [2.05, 4.69) is 15.9 Å². The molecule has 3 heteroatoms. The lowest BCUT2D eigenvalue weighted by molar-refractivity contribution is 0.924. The predicted molar refractivity (Wildman–Crippen MR) is 51.4 cm³/mol. The zero-order valence-electron chi connectivity index (χ0n) is 6.71. The standard InChI is InChI=1S/C9H9BrN2/c1-6-2-3-7(4-8(6)10)9(12)5-11/h2-4,9H,12H2,1H3. The van der Waals surface area contributed by atoms with Gasteiger partial charge in [0.25, 0.3) is 0 Å². The summed E-state index contributed by atoms with van der Waals surface area (Å²) < 4.78 is 0.991. The highest BCUT2D eigenvalue weighted by molar-refractivity contribution is 9.10. The van der Waals surface area contributed by atoms with Crippen molar-refractivity contribution in [2.24, 2.45) is 5.73 Å². The summed E-state index contributed by atoms with van der Waals surface area (Å²) in [5, 5.41) is 8.56. The van der Waals surface area contributed by atoms with Gasteiger partial charge in [0, 0.05) is 4.47 Å². The van der Waals surface area contributed by atoms with Gasteiger partial charge in [0.05, 0.1) is 6.07 Å². The average molecular weight is 225 g/mol. The Balaban J connectivity index is 3.06. The van der Waals surface area contributed by atoms with Gasteiger partial charge in [-0.2, -0.15) is 5.26 Å². The van der Waals surface area contributed by atoms with Crippen LogP contribution in [-0.4, -0.2) is 0 Å². The molecule has 0 radical (unpaired) electrons. The van der Waals surface area contributed by atoms with E-state index in [4.69, 9.17) is 11.0 Å². The van der Waals surface area contributed by atoms with Crippen LogP contribution in [0, 0.1) is 18.3 Å². The summed E-state index contributed by atoms with van der Waals surface area (Å²) in [6.07, 6.45) is 0. The maximum Gasteiger partial charge on any atom is 0.118 e. The van der Waals surface area contributed by atoms with Crippen molar-refractivity contribution in [2.75, 3.05) is 0 Å². The number of hydrogen-bond donors (Lipinski definition) is 1. The lowest BCUT2D eigenvalue weighted by Gasteiger charge is -2.04. The first-order valence-electron chi connectivity index (χ1n) is 3.56. The smallest absolute Gasteiger partial charge is 0.118 e. The molecule has 0 aliphatic carbocycles. The van der Waals surface area contributed by atoms with Crippen LogP contribution in [0.5, 0.6) is 0 Å². The topological polar surface area (TPSA) is 49.8 Å². The van der Waals surface area contributed by atoms with E-state index in [9.17, 15) is 0 Å². The number of nitriles is 1. The number of aryl methyl sites for hydroxylation is 1. The molecule has 1 rings (SSSR count). The van der Waals surface area contributed by atoms with Gasteiger partial charge in [-0.3, -0.25) is 0 Å². The Morgan fingerprint density at radius 1 is 1.58 bits per heavy atom. The van der Waals surface area contributed by atoms with Crippen LogP contribution >= 0.6 is 15.9 Å². The van der Waals surface area contributed by atoms with Crippen LogP contribution in [0.4, 0.5) is 0 Å². The first kappa shape index (κ1) is 9.24. The van der Waals surface area contributed by atoms with E-state index in [0.29, 0.717) is 0 Å². The third-order valence-electron chi connectivity index (χ3n) is 1.69. The first-order valence-corrected chi connectivity index (χ1v) is 4.35. The second-order valence-electron chi connectivity index (χ2n) is 2.62. The van der Waals surface area contributed by atoms with E-state index in [1.165, 1.54) is 0 Å². The van der Waals surface area contributed by atoms with Gasteiger partial charge in [-0.05, 0) is 24.1 Å². The molecule has 1 unspecified atom stereocenters. The summed E-state index contributed by atoms with van der Waals surface area (Å²) in [7, 11) is 0. The molecule has 0 saturated carbocycles. The molecule has 0 aliphatic rings. The number of nitrogens with two attached hydrogens (primary N) is 1. The molecule has 0 saturated heterocycles. The van der Waals surface area contributed by atoms with Gasteiger partial charge in [-0.25, -0.2) is 0 Å². The van der Waals surface area contributed by atoms with Crippen molar-refractivity contribution in [1.29, 1.82) is 5.26 Å². The third-order valence-corrected chi connectivity index (χ3v) is 2.55.